The predicted molar refractivity (Wildman–Crippen MR) is 123 cm³/mol. The maximum absolute atomic E-state index is 11.4. The molecule has 2 heterocycles. The highest BCUT2D eigenvalue weighted by atomic mass is 35.5. The van der Waals surface area contributed by atoms with Gasteiger partial charge in [-0.05, 0) is 73.4 Å². The fraction of sp³-hybridized carbons (Fsp3) is 0.417. The number of imidazole rings is 1. The summed E-state index contributed by atoms with van der Waals surface area (Å²) in [6.45, 7) is 8.24. The third kappa shape index (κ3) is 3.45. The number of hydrogen-bond acceptors (Lipinski definition) is 3. The largest absolute Gasteiger partial charge is 0.478 e. The molecular formula is C24H28ClN3O2. The Bertz CT molecular complexity index is 1120. The number of aromatic nitrogens is 2. The number of aromatic carboxylic acids is 1. The third-order valence-electron chi connectivity index (χ3n) is 6.27. The Morgan fingerprint density at radius 1 is 1.23 bits per heavy atom. The number of fused-ring (bicyclic) bond motifs is 3. The molecule has 0 bridgehead atoms. The molecule has 2 N–H and O–H groups in total. The highest BCUT2D eigenvalue weighted by Crippen LogP contribution is 2.42. The van der Waals surface area contributed by atoms with Crippen molar-refractivity contribution in [1.29, 1.82) is 0 Å². The molecule has 0 radical (unpaired) electrons. The minimum atomic E-state index is -0.923. The normalized spacial score (nSPS) is 13.9. The van der Waals surface area contributed by atoms with Gasteiger partial charge in [0.2, 0.25) is 5.95 Å². The molecule has 0 fully saturated rings. The average molecular weight is 426 g/mol. The van der Waals surface area contributed by atoms with Crippen LogP contribution in [0.5, 0.6) is 0 Å². The van der Waals surface area contributed by atoms with E-state index in [0.29, 0.717) is 10.9 Å². The van der Waals surface area contributed by atoms with E-state index in [-0.39, 0.29) is 5.56 Å². The number of benzene rings is 2. The minimum absolute atomic E-state index is 0.284. The van der Waals surface area contributed by atoms with Crippen LogP contribution in [0.3, 0.4) is 0 Å². The summed E-state index contributed by atoms with van der Waals surface area (Å²) >= 11 is 6.95. The fourth-order valence-corrected chi connectivity index (χ4v) is 4.88. The van der Waals surface area contributed by atoms with Gasteiger partial charge >= 0.3 is 5.97 Å². The minimum Gasteiger partial charge on any atom is -0.478 e. The molecule has 1 aliphatic rings. The highest BCUT2D eigenvalue weighted by molar-refractivity contribution is 6.38. The van der Waals surface area contributed by atoms with Gasteiger partial charge in [0.15, 0.2) is 0 Å². The Balaban J connectivity index is 2.00. The van der Waals surface area contributed by atoms with E-state index in [1.807, 2.05) is 13.0 Å². The van der Waals surface area contributed by atoms with Crippen molar-refractivity contribution >= 4 is 34.6 Å². The van der Waals surface area contributed by atoms with Crippen molar-refractivity contribution in [3.63, 3.8) is 0 Å². The van der Waals surface area contributed by atoms with Crippen LogP contribution in [-0.4, -0.2) is 27.2 Å². The molecule has 0 spiro atoms. The Labute approximate surface area is 182 Å². The summed E-state index contributed by atoms with van der Waals surface area (Å²) in [5, 5.41) is 13.4. The van der Waals surface area contributed by atoms with Gasteiger partial charge in [-0.15, -0.1) is 0 Å². The molecule has 3 aromatic rings. The van der Waals surface area contributed by atoms with Crippen LogP contribution >= 0.6 is 11.6 Å². The lowest BCUT2D eigenvalue weighted by atomic mass is 9.88. The third-order valence-corrected chi connectivity index (χ3v) is 6.65. The number of carboxylic acid groups (broad SMARTS) is 1. The lowest BCUT2D eigenvalue weighted by molar-refractivity contribution is 0.0697. The van der Waals surface area contributed by atoms with Crippen molar-refractivity contribution in [2.24, 2.45) is 0 Å². The van der Waals surface area contributed by atoms with Crippen LogP contribution in [-0.2, 0) is 6.54 Å². The summed E-state index contributed by atoms with van der Waals surface area (Å²) in [6, 6.07) is 7.43. The Hall–Kier alpha value is -2.53. The van der Waals surface area contributed by atoms with Gasteiger partial charge in [0.25, 0.3) is 0 Å². The van der Waals surface area contributed by atoms with E-state index >= 15 is 0 Å². The Morgan fingerprint density at radius 3 is 2.67 bits per heavy atom. The molecule has 30 heavy (non-hydrogen) atoms. The van der Waals surface area contributed by atoms with Crippen LogP contribution in [0.25, 0.3) is 22.2 Å². The molecule has 0 saturated carbocycles. The summed E-state index contributed by atoms with van der Waals surface area (Å²) in [5.41, 5.74) is 6.31. The molecule has 1 aromatic heterocycles. The second-order valence-electron chi connectivity index (χ2n) is 8.09. The summed E-state index contributed by atoms with van der Waals surface area (Å²) in [6.07, 6.45) is 4.32. The first kappa shape index (κ1) is 20.7. The van der Waals surface area contributed by atoms with E-state index in [9.17, 15) is 9.90 Å². The summed E-state index contributed by atoms with van der Waals surface area (Å²) < 4.78 is 2.30. The monoisotopic (exact) mass is 425 g/mol. The van der Waals surface area contributed by atoms with Crippen molar-refractivity contribution in [2.75, 3.05) is 11.9 Å². The van der Waals surface area contributed by atoms with Crippen molar-refractivity contribution in [2.45, 2.75) is 58.9 Å². The van der Waals surface area contributed by atoms with E-state index in [1.165, 1.54) is 5.56 Å². The van der Waals surface area contributed by atoms with Crippen molar-refractivity contribution in [3.05, 3.63) is 46.0 Å². The molecule has 158 valence electrons. The van der Waals surface area contributed by atoms with Gasteiger partial charge < -0.3 is 15.0 Å². The topological polar surface area (TPSA) is 67.1 Å². The molecule has 5 nitrogen and oxygen atoms in total. The highest BCUT2D eigenvalue weighted by Gasteiger charge is 2.24. The number of nitrogens with one attached hydrogen (secondary N) is 1. The number of carboxylic acids is 1. The van der Waals surface area contributed by atoms with E-state index in [0.717, 1.165) is 72.4 Å². The molecule has 0 aliphatic carbocycles. The number of aryl methyl sites for hydroxylation is 2. The van der Waals surface area contributed by atoms with Crippen LogP contribution in [0.2, 0.25) is 5.02 Å². The quantitative estimate of drug-likeness (QED) is 0.491. The van der Waals surface area contributed by atoms with Gasteiger partial charge in [-0.25, -0.2) is 9.78 Å². The Kier molecular flexibility index (Phi) is 5.74. The molecular weight excluding hydrogens is 398 g/mol. The van der Waals surface area contributed by atoms with E-state index < -0.39 is 5.97 Å². The van der Waals surface area contributed by atoms with Gasteiger partial charge in [-0.3, -0.25) is 0 Å². The average Bonchev–Trinajstić information content (AvgIpc) is 2.94. The van der Waals surface area contributed by atoms with E-state index in [4.69, 9.17) is 16.6 Å². The smallest absolute Gasteiger partial charge is 0.335 e. The first-order valence-electron chi connectivity index (χ1n) is 10.8. The van der Waals surface area contributed by atoms with Crippen molar-refractivity contribution in [3.8, 4) is 11.1 Å². The lowest BCUT2D eigenvalue weighted by Gasteiger charge is -2.19. The maximum atomic E-state index is 11.4. The van der Waals surface area contributed by atoms with Gasteiger partial charge in [-0.2, -0.15) is 0 Å². The number of halogens is 1. The predicted octanol–water partition coefficient (Wildman–Crippen LogP) is 6.47. The first-order chi connectivity index (χ1) is 14.5. The molecule has 0 amide bonds. The van der Waals surface area contributed by atoms with Crippen LogP contribution in [0.4, 0.5) is 5.95 Å². The number of carbonyl (C=O) groups is 1. The molecule has 4 rings (SSSR count). The standard InChI is InChI=1S/C24H28ClN3O2/c1-4-15(5-2)18-13-19(17-9-8-16(23(29)30)12-14(17)3)20(25)21-22(18)28-11-7-6-10-26-24(28)27-21/h8-9,12-13,15H,4-7,10-11H2,1-3H3,(H,26,27)(H,29,30). The molecule has 1 aliphatic heterocycles. The summed E-state index contributed by atoms with van der Waals surface area (Å²) in [5.74, 6) is 0.380. The summed E-state index contributed by atoms with van der Waals surface area (Å²) in [7, 11) is 0. The van der Waals surface area contributed by atoms with Crippen LogP contribution in [0.15, 0.2) is 24.3 Å². The zero-order valence-corrected chi connectivity index (χ0v) is 18.5. The molecule has 2 aromatic carbocycles. The van der Waals surface area contributed by atoms with Crippen molar-refractivity contribution in [1.82, 2.24) is 9.55 Å². The van der Waals surface area contributed by atoms with Crippen LogP contribution < -0.4 is 5.32 Å². The number of nitrogens with zero attached hydrogens (tertiary/aromatic N) is 2. The zero-order valence-electron chi connectivity index (χ0n) is 17.8. The number of rotatable bonds is 5. The first-order valence-corrected chi connectivity index (χ1v) is 11.1. The second-order valence-corrected chi connectivity index (χ2v) is 8.47. The van der Waals surface area contributed by atoms with Crippen LogP contribution in [0, 0.1) is 6.92 Å². The number of hydrogen-bond donors (Lipinski definition) is 2. The number of anilines is 1. The van der Waals surface area contributed by atoms with Gasteiger partial charge in [-0.1, -0.05) is 31.5 Å². The second kappa shape index (κ2) is 8.31. The molecule has 0 saturated heterocycles. The van der Waals surface area contributed by atoms with Crippen molar-refractivity contribution < 1.29 is 9.90 Å². The van der Waals surface area contributed by atoms with Gasteiger partial charge in [0.1, 0.15) is 5.52 Å². The van der Waals surface area contributed by atoms with E-state index in [2.05, 4.69) is 29.8 Å². The van der Waals surface area contributed by atoms with Gasteiger partial charge in [0, 0.05) is 18.7 Å². The maximum Gasteiger partial charge on any atom is 0.335 e. The fourth-order valence-electron chi connectivity index (χ4n) is 4.60. The lowest BCUT2D eigenvalue weighted by Crippen LogP contribution is -2.05. The van der Waals surface area contributed by atoms with E-state index in [1.54, 1.807) is 12.1 Å². The molecule has 0 unspecified atom stereocenters. The van der Waals surface area contributed by atoms with Gasteiger partial charge in [0.05, 0.1) is 16.1 Å². The SMILES string of the molecule is CCC(CC)c1cc(-c2ccc(C(=O)O)cc2C)c(Cl)c2nc3n(c12)CCCCN3. The zero-order chi connectivity index (χ0) is 21.4. The van der Waals surface area contributed by atoms with Crippen LogP contribution in [0.1, 0.15) is 66.9 Å². The molecule has 6 heteroatoms. The summed E-state index contributed by atoms with van der Waals surface area (Å²) in [4.78, 5) is 16.3. The Morgan fingerprint density at radius 2 is 2.00 bits per heavy atom. The molecule has 0 atom stereocenters.